The van der Waals surface area contributed by atoms with Gasteiger partial charge in [-0.25, -0.2) is 4.98 Å². The first-order valence-corrected chi connectivity index (χ1v) is 12.8. The Hall–Kier alpha value is -2.77. The van der Waals surface area contributed by atoms with Crippen LogP contribution in [0.25, 0.3) is 21.7 Å². The second-order valence-corrected chi connectivity index (χ2v) is 9.57. The zero-order valence-electron chi connectivity index (χ0n) is 19.4. The molecule has 0 radical (unpaired) electrons. The molecule has 6 nitrogen and oxygen atoms in total. The van der Waals surface area contributed by atoms with Crippen molar-refractivity contribution in [2.24, 2.45) is 7.05 Å². The van der Waals surface area contributed by atoms with E-state index in [0.717, 1.165) is 68.3 Å². The van der Waals surface area contributed by atoms with Crippen molar-refractivity contribution in [3.63, 3.8) is 0 Å². The van der Waals surface area contributed by atoms with Gasteiger partial charge in [0.25, 0.3) is 0 Å². The third kappa shape index (κ3) is 4.80. The zero-order chi connectivity index (χ0) is 22.6. The molecule has 1 fully saturated rings. The smallest absolute Gasteiger partial charge is 0.157 e. The van der Waals surface area contributed by atoms with E-state index in [-0.39, 0.29) is 0 Å². The van der Waals surface area contributed by atoms with Crippen LogP contribution in [0, 0.1) is 0 Å². The van der Waals surface area contributed by atoms with Gasteiger partial charge in [-0.15, -0.1) is 11.3 Å². The first-order valence-electron chi connectivity index (χ1n) is 11.9. The first kappa shape index (κ1) is 22.0. The monoisotopic (exact) mass is 464 g/mol. The summed E-state index contributed by atoms with van der Waals surface area (Å²) in [5.74, 6) is 2.80. The van der Waals surface area contributed by atoms with Crippen molar-refractivity contribution in [3.8, 4) is 23.0 Å². The Morgan fingerprint density at radius 1 is 1.12 bits per heavy atom. The SMILES string of the molecule is CCCc1cnc(-c2cc3sccc3n2C)n1CCOc1ccc(OC2CCNCC2)cc1. The fourth-order valence-electron chi connectivity index (χ4n) is 4.56. The molecule has 1 aromatic carbocycles. The van der Waals surface area contributed by atoms with Crippen LogP contribution >= 0.6 is 11.3 Å². The van der Waals surface area contributed by atoms with E-state index >= 15 is 0 Å². The standard InChI is InChI=1S/C26H32N4O2S/c1-3-4-19-18-28-26(24-17-25-23(29(24)2)11-16-33-25)30(19)14-15-31-20-5-7-21(8-6-20)32-22-9-12-27-13-10-22/h5-8,11,16-18,22,27H,3-4,9-10,12-15H2,1-2H3. The molecule has 1 aliphatic rings. The third-order valence-electron chi connectivity index (χ3n) is 6.33. The van der Waals surface area contributed by atoms with Crippen LogP contribution in [0.4, 0.5) is 0 Å². The Kier molecular flexibility index (Phi) is 6.69. The molecule has 4 heterocycles. The van der Waals surface area contributed by atoms with Crippen LogP contribution in [0.1, 0.15) is 31.9 Å². The van der Waals surface area contributed by atoms with E-state index in [2.05, 4.69) is 45.9 Å². The van der Waals surface area contributed by atoms with Crippen molar-refractivity contribution in [1.82, 2.24) is 19.4 Å². The van der Waals surface area contributed by atoms with Gasteiger partial charge in [0, 0.05) is 18.9 Å². The average Bonchev–Trinajstić information content (AvgIpc) is 3.53. The Balaban J connectivity index is 1.26. The molecule has 33 heavy (non-hydrogen) atoms. The molecule has 0 bridgehead atoms. The maximum absolute atomic E-state index is 6.10. The molecule has 0 aliphatic carbocycles. The fourth-order valence-corrected chi connectivity index (χ4v) is 5.41. The topological polar surface area (TPSA) is 53.2 Å². The van der Waals surface area contributed by atoms with Crippen molar-refractivity contribution >= 4 is 21.6 Å². The molecule has 4 aromatic rings. The molecule has 1 saturated heterocycles. The van der Waals surface area contributed by atoms with Gasteiger partial charge in [0.1, 0.15) is 24.2 Å². The number of piperidine rings is 1. The number of rotatable bonds is 9. The lowest BCUT2D eigenvalue weighted by atomic mass is 10.1. The van der Waals surface area contributed by atoms with Gasteiger partial charge >= 0.3 is 0 Å². The van der Waals surface area contributed by atoms with Crippen LogP contribution in [-0.4, -0.2) is 39.9 Å². The van der Waals surface area contributed by atoms with Gasteiger partial charge in [0.2, 0.25) is 0 Å². The third-order valence-corrected chi connectivity index (χ3v) is 7.19. The van der Waals surface area contributed by atoms with Crippen LogP contribution < -0.4 is 14.8 Å². The molecular weight excluding hydrogens is 432 g/mol. The second-order valence-electron chi connectivity index (χ2n) is 8.62. The van der Waals surface area contributed by atoms with Gasteiger partial charge in [-0.3, -0.25) is 0 Å². The average molecular weight is 465 g/mol. The van der Waals surface area contributed by atoms with Crippen LogP contribution in [-0.2, 0) is 20.0 Å². The molecule has 3 aromatic heterocycles. The van der Waals surface area contributed by atoms with E-state index in [1.807, 2.05) is 30.5 Å². The molecule has 0 atom stereocenters. The molecule has 5 rings (SSSR count). The highest BCUT2D eigenvalue weighted by atomic mass is 32.1. The molecular formula is C26H32N4O2S. The zero-order valence-corrected chi connectivity index (χ0v) is 20.2. The summed E-state index contributed by atoms with van der Waals surface area (Å²) in [6.45, 7) is 5.62. The molecule has 7 heteroatoms. The van der Waals surface area contributed by atoms with Crippen molar-refractivity contribution in [2.75, 3.05) is 19.7 Å². The Morgan fingerprint density at radius 2 is 1.91 bits per heavy atom. The minimum atomic E-state index is 0.308. The maximum atomic E-state index is 6.10. The molecule has 0 unspecified atom stereocenters. The molecule has 0 amide bonds. The lowest BCUT2D eigenvalue weighted by Crippen LogP contribution is -2.34. The summed E-state index contributed by atoms with van der Waals surface area (Å²) in [6, 6.07) is 12.5. The van der Waals surface area contributed by atoms with Crippen molar-refractivity contribution in [1.29, 1.82) is 0 Å². The van der Waals surface area contributed by atoms with Gasteiger partial charge < -0.3 is 23.9 Å². The van der Waals surface area contributed by atoms with E-state index in [1.165, 1.54) is 15.9 Å². The Bertz CT molecular complexity index is 1190. The number of fused-ring (bicyclic) bond motifs is 1. The summed E-state index contributed by atoms with van der Waals surface area (Å²) >= 11 is 1.77. The predicted octanol–water partition coefficient (Wildman–Crippen LogP) is 5.27. The summed E-state index contributed by atoms with van der Waals surface area (Å²) in [6.07, 6.45) is 6.55. The number of nitrogens with one attached hydrogen (secondary N) is 1. The van der Waals surface area contributed by atoms with E-state index in [1.54, 1.807) is 11.3 Å². The van der Waals surface area contributed by atoms with Gasteiger partial charge in [-0.2, -0.15) is 0 Å². The van der Waals surface area contributed by atoms with E-state index in [9.17, 15) is 0 Å². The van der Waals surface area contributed by atoms with E-state index < -0.39 is 0 Å². The van der Waals surface area contributed by atoms with Gasteiger partial charge in [-0.05, 0) is 74.1 Å². The van der Waals surface area contributed by atoms with Crippen molar-refractivity contribution in [3.05, 3.63) is 53.7 Å². The fraction of sp³-hybridized carbons (Fsp3) is 0.423. The number of nitrogens with zero attached hydrogens (tertiary/aromatic N) is 3. The number of thiophene rings is 1. The highest BCUT2D eigenvalue weighted by Gasteiger charge is 2.17. The normalized spacial score (nSPS) is 14.7. The van der Waals surface area contributed by atoms with Crippen LogP contribution in [0.3, 0.4) is 0 Å². The molecule has 0 saturated carbocycles. The number of ether oxygens (including phenoxy) is 2. The highest BCUT2D eigenvalue weighted by Crippen LogP contribution is 2.30. The van der Waals surface area contributed by atoms with Crippen LogP contribution in [0.2, 0.25) is 0 Å². The van der Waals surface area contributed by atoms with Crippen molar-refractivity contribution < 1.29 is 9.47 Å². The molecule has 1 aliphatic heterocycles. The minimum Gasteiger partial charge on any atom is -0.492 e. The summed E-state index contributed by atoms with van der Waals surface area (Å²) in [4.78, 5) is 4.80. The van der Waals surface area contributed by atoms with E-state index in [0.29, 0.717) is 12.7 Å². The summed E-state index contributed by atoms with van der Waals surface area (Å²) < 4.78 is 18.1. The van der Waals surface area contributed by atoms with Gasteiger partial charge in [0.15, 0.2) is 5.82 Å². The number of hydrogen-bond acceptors (Lipinski definition) is 5. The molecule has 1 N–H and O–H groups in total. The van der Waals surface area contributed by atoms with E-state index in [4.69, 9.17) is 14.5 Å². The largest absolute Gasteiger partial charge is 0.492 e. The molecule has 174 valence electrons. The number of imidazole rings is 1. The molecule has 0 spiro atoms. The lowest BCUT2D eigenvalue weighted by molar-refractivity contribution is 0.162. The predicted molar refractivity (Wildman–Crippen MR) is 134 cm³/mol. The summed E-state index contributed by atoms with van der Waals surface area (Å²) in [5, 5.41) is 5.51. The number of aromatic nitrogens is 3. The lowest BCUT2D eigenvalue weighted by Gasteiger charge is -2.23. The number of benzene rings is 1. The minimum absolute atomic E-state index is 0.308. The van der Waals surface area contributed by atoms with Gasteiger partial charge in [0.05, 0.1) is 22.5 Å². The highest BCUT2D eigenvalue weighted by molar-refractivity contribution is 7.17. The Labute approximate surface area is 199 Å². The maximum Gasteiger partial charge on any atom is 0.157 e. The summed E-state index contributed by atoms with van der Waals surface area (Å²) in [7, 11) is 2.12. The second kappa shape index (κ2) is 10.0. The summed E-state index contributed by atoms with van der Waals surface area (Å²) in [5.41, 5.74) is 3.66. The Morgan fingerprint density at radius 3 is 2.67 bits per heavy atom. The van der Waals surface area contributed by atoms with Crippen molar-refractivity contribution in [2.45, 2.75) is 45.3 Å². The number of hydrogen-bond donors (Lipinski definition) is 1. The van der Waals surface area contributed by atoms with Gasteiger partial charge in [-0.1, -0.05) is 13.3 Å². The number of aryl methyl sites for hydroxylation is 2. The van der Waals surface area contributed by atoms with Crippen LogP contribution in [0.15, 0.2) is 48.0 Å². The quantitative estimate of drug-likeness (QED) is 0.367. The first-order chi connectivity index (χ1) is 16.2. The van der Waals surface area contributed by atoms with Crippen LogP contribution in [0.5, 0.6) is 11.5 Å².